The van der Waals surface area contributed by atoms with Crippen LogP contribution in [0, 0.1) is 0 Å². The maximum Gasteiger partial charge on any atom is 0.234 e. The average Bonchev–Trinajstić information content (AvgIpc) is 2.23. The SMILES string of the molecule is O=C([O-])CSCC(=O)Nc1ccc(Cl)c(Cl)c1. The van der Waals surface area contributed by atoms with Gasteiger partial charge >= 0.3 is 0 Å². The van der Waals surface area contributed by atoms with E-state index in [0.29, 0.717) is 15.7 Å². The summed E-state index contributed by atoms with van der Waals surface area (Å²) in [6.45, 7) is 0. The Hall–Kier alpha value is -0.910. The number of carboxylic acid groups (broad SMARTS) is 1. The molecule has 1 N–H and O–H groups in total. The number of hydrogen-bond donors (Lipinski definition) is 1. The first kappa shape index (κ1) is 14.2. The molecule has 4 nitrogen and oxygen atoms in total. The van der Waals surface area contributed by atoms with Gasteiger partial charge in [-0.2, -0.15) is 0 Å². The van der Waals surface area contributed by atoms with Crippen molar-refractivity contribution < 1.29 is 14.7 Å². The number of hydrogen-bond acceptors (Lipinski definition) is 4. The molecule has 0 aliphatic heterocycles. The zero-order valence-corrected chi connectivity index (χ0v) is 10.9. The number of benzene rings is 1. The summed E-state index contributed by atoms with van der Waals surface area (Å²) in [5.41, 5.74) is 0.512. The number of carboxylic acids is 1. The summed E-state index contributed by atoms with van der Waals surface area (Å²) in [4.78, 5) is 21.5. The van der Waals surface area contributed by atoms with Crippen molar-refractivity contribution in [2.24, 2.45) is 0 Å². The Balaban J connectivity index is 2.45. The van der Waals surface area contributed by atoms with Crippen molar-refractivity contribution in [3.63, 3.8) is 0 Å². The van der Waals surface area contributed by atoms with E-state index in [1.54, 1.807) is 12.1 Å². The predicted octanol–water partition coefficient (Wildman–Crippen LogP) is 1.41. The first-order valence-electron chi connectivity index (χ1n) is 4.51. The third kappa shape index (κ3) is 5.30. The molecule has 1 aromatic carbocycles. The Bertz CT molecular complexity index is 440. The van der Waals surface area contributed by atoms with Crippen LogP contribution in [0.15, 0.2) is 18.2 Å². The molecular formula is C10H8Cl2NO3S-. The Morgan fingerprint density at radius 3 is 2.53 bits per heavy atom. The molecule has 1 aromatic rings. The molecule has 0 radical (unpaired) electrons. The molecule has 1 rings (SSSR count). The molecule has 0 aliphatic carbocycles. The minimum Gasteiger partial charge on any atom is -0.549 e. The van der Waals surface area contributed by atoms with Gasteiger partial charge in [0, 0.05) is 11.4 Å². The lowest BCUT2D eigenvalue weighted by molar-refractivity contribution is -0.301. The fraction of sp³-hybridized carbons (Fsp3) is 0.200. The lowest BCUT2D eigenvalue weighted by Gasteiger charge is -2.06. The van der Waals surface area contributed by atoms with Crippen molar-refractivity contribution in [2.75, 3.05) is 16.8 Å². The van der Waals surface area contributed by atoms with Crippen molar-refractivity contribution in [3.8, 4) is 0 Å². The molecule has 0 saturated heterocycles. The highest BCUT2D eigenvalue weighted by Gasteiger charge is 2.04. The summed E-state index contributed by atoms with van der Waals surface area (Å²) >= 11 is 12.4. The zero-order chi connectivity index (χ0) is 12.8. The van der Waals surface area contributed by atoms with E-state index in [4.69, 9.17) is 23.2 Å². The minimum atomic E-state index is -1.20. The quantitative estimate of drug-likeness (QED) is 0.891. The van der Waals surface area contributed by atoms with Crippen LogP contribution in [0.25, 0.3) is 0 Å². The number of nitrogens with one attached hydrogen (secondary N) is 1. The van der Waals surface area contributed by atoms with Gasteiger partial charge in [0.05, 0.1) is 21.8 Å². The van der Waals surface area contributed by atoms with Gasteiger partial charge in [-0.25, -0.2) is 0 Å². The second kappa shape index (κ2) is 6.74. The van der Waals surface area contributed by atoms with Crippen LogP contribution in [-0.4, -0.2) is 23.4 Å². The highest BCUT2D eigenvalue weighted by atomic mass is 35.5. The summed E-state index contributed by atoms with van der Waals surface area (Å²) in [5, 5.41) is 13.4. The monoisotopic (exact) mass is 292 g/mol. The van der Waals surface area contributed by atoms with E-state index in [0.717, 1.165) is 11.8 Å². The first-order chi connectivity index (χ1) is 7.99. The van der Waals surface area contributed by atoms with Crippen molar-refractivity contribution in [2.45, 2.75) is 0 Å². The standard InChI is InChI=1S/C10H9Cl2NO3S/c11-7-2-1-6(3-8(7)12)13-9(14)4-17-5-10(15)16/h1-3H,4-5H2,(H,13,14)(H,15,16)/p-1. The summed E-state index contributed by atoms with van der Waals surface area (Å²) in [5.74, 6) is -1.68. The fourth-order valence-electron chi connectivity index (χ4n) is 0.998. The van der Waals surface area contributed by atoms with E-state index >= 15 is 0 Å². The molecular weight excluding hydrogens is 285 g/mol. The maximum atomic E-state index is 11.4. The van der Waals surface area contributed by atoms with Gasteiger partial charge in [0.2, 0.25) is 5.91 Å². The third-order valence-corrected chi connectivity index (χ3v) is 3.30. The van der Waals surface area contributed by atoms with Crippen molar-refractivity contribution in [1.82, 2.24) is 0 Å². The van der Waals surface area contributed by atoms with Crippen molar-refractivity contribution >= 4 is 52.5 Å². The number of rotatable bonds is 5. The number of thioether (sulfide) groups is 1. The van der Waals surface area contributed by atoms with Crippen LogP contribution < -0.4 is 10.4 Å². The van der Waals surface area contributed by atoms with Crippen LogP contribution in [0.4, 0.5) is 5.69 Å². The molecule has 0 fully saturated rings. The minimum absolute atomic E-state index is 0.0359. The predicted molar refractivity (Wildman–Crippen MR) is 67.4 cm³/mol. The molecule has 7 heteroatoms. The molecule has 1 amide bonds. The number of anilines is 1. The molecule has 0 aromatic heterocycles. The van der Waals surface area contributed by atoms with Gasteiger partial charge in [0.25, 0.3) is 0 Å². The van der Waals surface area contributed by atoms with Crippen molar-refractivity contribution in [1.29, 1.82) is 0 Å². The number of carbonyl (C=O) groups excluding carboxylic acids is 2. The Kier molecular flexibility index (Phi) is 5.61. The normalized spacial score (nSPS) is 10.0. The fourth-order valence-corrected chi connectivity index (χ4v) is 1.82. The number of aliphatic carboxylic acids is 1. The second-order valence-corrected chi connectivity index (χ2v) is 4.84. The van der Waals surface area contributed by atoms with E-state index in [1.165, 1.54) is 6.07 Å². The molecule has 0 heterocycles. The summed E-state index contributed by atoms with van der Waals surface area (Å²) in [6.07, 6.45) is 0. The average molecular weight is 293 g/mol. The van der Waals surface area contributed by atoms with E-state index in [1.807, 2.05) is 0 Å². The first-order valence-corrected chi connectivity index (χ1v) is 6.42. The van der Waals surface area contributed by atoms with Gasteiger partial charge in [0.15, 0.2) is 0 Å². The van der Waals surface area contributed by atoms with Gasteiger partial charge in [0.1, 0.15) is 0 Å². The topological polar surface area (TPSA) is 69.2 Å². The molecule has 17 heavy (non-hydrogen) atoms. The second-order valence-electron chi connectivity index (χ2n) is 3.04. The Morgan fingerprint density at radius 2 is 1.94 bits per heavy atom. The Morgan fingerprint density at radius 1 is 1.24 bits per heavy atom. The molecule has 0 spiro atoms. The largest absolute Gasteiger partial charge is 0.549 e. The van der Waals surface area contributed by atoms with Crippen molar-refractivity contribution in [3.05, 3.63) is 28.2 Å². The van der Waals surface area contributed by atoms with Gasteiger partial charge in [-0.1, -0.05) is 23.2 Å². The summed E-state index contributed by atoms with van der Waals surface area (Å²) in [7, 11) is 0. The molecule has 0 aliphatic rings. The molecule has 92 valence electrons. The third-order valence-electron chi connectivity index (χ3n) is 1.66. The van der Waals surface area contributed by atoms with Gasteiger partial charge in [-0.05, 0) is 18.2 Å². The van der Waals surface area contributed by atoms with E-state index < -0.39 is 5.97 Å². The van der Waals surface area contributed by atoms with Crippen LogP contribution >= 0.6 is 35.0 Å². The summed E-state index contributed by atoms with van der Waals surface area (Å²) in [6, 6.07) is 4.69. The Labute approximate surface area is 112 Å². The van der Waals surface area contributed by atoms with Crippen LogP contribution in [0.2, 0.25) is 10.0 Å². The number of halogens is 2. The van der Waals surface area contributed by atoms with Crippen LogP contribution in [0.5, 0.6) is 0 Å². The highest BCUT2D eigenvalue weighted by Crippen LogP contribution is 2.24. The highest BCUT2D eigenvalue weighted by molar-refractivity contribution is 8.00. The van der Waals surface area contributed by atoms with E-state index in [9.17, 15) is 14.7 Å². The lowest BCUT2D eigenvalue weighted by atomic mass is 10.3. The molecule has 0 atom stereocenters. The molecule has 0 saturated carbocycles. The smallest absolute Gasteiger partial charge is 0.234 e. The van der Waals surface area contributed by atoms with E-state index in [-0.39, 0.29) is 17.4 Å². The van der Waals surface area contributed by atoms with Gasteiger partial charge < -0.3 is 15.2 Å². The lowest BCUT2D eigenvalue weighted by Crippen LogP contribution is -2.25. The van der Waals surface area contributed by atoms with Crippen LogP contribution in [0.3, 0.4) is 0 Å². The van der Waals surface area contributed by atoms with Gasteiger partial charge in [-0.3, -0.25) is 4.79 Å². The number of amides is 1. The zero-order valence-electron chi connectivity index (χ0n) is 8.54. The van der Waals surface area contributed by atoms with Crippen LogP contribution in [0.1, 0.15) is 0 Å². The summed E-state index contributed by atoms with van der Waals surface area (Å²) < 4.78 is 0. The van der Waals surface area contributed by atoms with Gasteiger partial charge in [-0.15, -0.1) is 11.8 Å². The molecule has 0 unspecified atom stereocenters. The van der Waals surface area contributed by atoms with E-state index in [2.05, 4.69) is 5.32 Å². The molecule has 0 bridgehead atoms. The maximum absolute atomic E-state index is 11.4. The number of carbonyl (C=O) groups is 2. The van der Waals surface area contributed by atoms with Crippen LogP contribution in [-0.2, 0) is 9.59 Å².